The number of carbonyl (C=O) groups excluding carboxylic acids is 1. The first-order valence-electron chi connectivity index (χ1n) is 9.27. The number of nitrogens with one attached hydrogen (secondary N) is 1. The second kappa shape index (κ2) is 7.72. The minimum Gasteiger partial charge on any atom is -0.497 e. The van der Waals surface area contributed by atoms with Crippen LogP contribution in [0.5, 0.6) is 5.75 Å². The van der Waals surface area contributed by atoms with Crippen molar-refractivity contribution >= 4 is 11.7 Å². The molecular weight excluding hydrogens is 356 g/mol. The summed E-state index contributed by atoms with van der Waals surface area (Å²) in [5.41, 5.74) is 2.72. The number of urea groups is 1. The topological polar surface area (TPSA) is 80.5 Å². The molecule has 1 aromatic heterocycles. The van der Waals surface area contributed by atoms with E-state index >= 15 is 0 Å². The monoisotopic (exact) mass is 378 g/mol. The van der Waals surface area contributed by atoms with E-state index < -0.39 is 0 Å². The van der Waals surface area contributed by atoms with Gasteiger partial charge in [-0.05, 0) is 49.6 Å². The smallest absolute Gasteiger partial charge is 0.322 e. The Kier molecular flexibility index (Phi) is 4.97. The molecule has 4 rings (SSSR count). The van der Waals surface area contributed by atoms with Gasteiger partial charge in [0.15, 0.2) is 0 Å². The number of rotatable bonds is 4. The van der Waals surface area contributed by atoms with E-state index in [2.05, 4.69) is 15.5 Å². The van der Waals surface area contributed by atoms with Crippen molar-refractivity contribution in [2.75, 3.05) is 19.0 Å². The van der Waals surface area contributed by atoms with Crippen molar-refractivity contribution in [2.45, 2.75) is 25.8 Å². The maximum Gasteiger partial charge on any atom is 0.322 e. The molecule has 2 heterocycles. The number of amides is 2. The van der Waals surface area contributed by atoms with Crippen LogP contribution >= 0.6 is 0 Å². The zero-order valence-electron chi connectivity index (χ0n) is 15.9. The summed E-state index contributed by atoms with van der Waals surface area (Å²) >= 11 is 0. The normalized spacial score (nSPS) is 16.2. The molecule has 1 fully saturated rings. The highest BCUT2D eigenvalue weighted by molar-refractivity contribution is 5.89. The summed E-state index contributed by atoms with van der Waals surface area (Å²) < 4.78 is 10.7. The molecule has 144 valence electrons. The summed E-state index contributed by atoms with van der Waals surface area (Å²) in [6, 6.07) is 14.7. The molecule has 2 amide bonds. The standard InChI is InChI=1S/C21H22N4O3/c1-14-6-3-4-7-17(14)19-23-20(28-24-19)18-8-5-13-25(18)21(26)22-15-9-11-16(27-2)12-10-15/h3-4,6-7,9-12,18H,5,8,13H2,1-2H3,(H,22,26). The Morgan fingerprint density at radius 3 is 2.75 bits per heavy atom. The van der Waals surface area contributed by atoms with E-state index in [0.717, 1.165) is 29.7 Å². The van der Waals surface area contributed by atoms with Crippen molar-refractivity contribution in [1.82, 2.24) is 15.0 Å². The molecule has 7 nitrogen and oxygen atoms in total. The van der Waals surface area contributed by atoms with Crippen LogP contribution in [0.25, 0.3) is 11.4 Å². The summed E-state index contributed by atoms with van der Waals surface area (Å²) in [5, 5.41) is 7.05. The molecule has 0 aliphatic carbocycles. The van der Waals surface area contributed by atoms with Crippen molar-refractivity contribution in [3.05, 3.63) is 60.0 Å². The lowest BCUT2D eigenvalue weighted by Crippen LogP contribution is -2.34. The zero-order chi connectivity index (χ0) is 19.5. The molecule has 1 N–H and O–H groups in total. The average molecular weight is 378 g/mol. The van der Waals surface area contributed by atoms with Gasteiger partial charge in [-0.1, -0.05) is 29.4 Å². The Balaban J connectivity index is 1.50. The number of carbonyl (C=O) groups is 1. The van der Waals surface area contributed by atoms with Crippen LogP contribution in [0.4, 0.5) is 10.5 Å². The minimum atomic E-state index is -0.219. The van der Waals surface area contributed by atoms with Crippen LogP contribution in [0.15, 0.2) is 53.1 Å². The molecular formula is C21H22N4O3. The maximum atomic E-state index is 12.8. The van der Waals surface area contributed by atoms with Gasteiger partial charge in [0.1, 0.15) is 11.8 Å². The van der Waals surface area contributed by atoms with Gasteiger partial charge in [-0.2, -0.15) is 4.98 Å². The molecule has 7 heteroatoms. The Morgan fingerprint density at radius 1 is 1.21 bits per heavy atom. The highest BCUT2D eigenvalue weighted by atomic mass is 16.5. The van der Waals surface area contributed by atoms with Crippen LogP contribution in [0.3, 0.4) is 0 Å². The molecule has 3 aromatic rings. The summed E-state index contributed by atoms with van der Waals surface area (Å²) in [6.45, 7) is 2.66. The summed E-state index contributed by atoms with van der Waals surface area (Å²) in [5.74, 6) is 1.77. The highest BCUT2D eigenvalue weighted by Crippen LogP contribution is 2.33. The van der Waals surface area contributed by atoms with Crippen molar-refractivity contribution in [2.24, 2.45) is 0 Å². The van der Waals surface area contributed by atoms with Gasteiger partial charge in [0.05, 0.1) is 7.11 Å². The molecule has 1 unspecified atom stereocenters. The first kappa shape index (κ1) is 18.0. The maximum absolute atomic E-state index is 12.8. The number of anilines is 1. The van der Waals surface area contributed by atoms with E-state index in [1.54, 1.807) is 12.0 Å². The van der Waals surface area contributed by atoms with Gasteiger partial charge in [0, 0.05) is 17.8 Å². The lowest BCUT2D eigenvalue weighted by atomic mass is 10.1. The lowest BCUT2D eigenvalue weighted by molar-refractivity contribution is 0.193. The van der Waals surface area contributed by atoms with Gasteiger partial charge in [0.25, 0.3) is 0 Å². The predicted molar refractivity (Wildman–Crippen MR) is 105 cm³/mol. The largest absolute Gasteiger partial charge is 0.497 e. The average Bonchev–Trinajstić information content (AvgIpc) is 3.38. The Bertz CT molecular complexity index is 968. The Morgan fingerprint density at radius 2 is 2.00 bits per heavy atom. The highest BCUT2D eigenvalue weighted by Gasteiger charge is 2.34. The lowest BCUT2D eigenvalue weighted by Gasteiger charge is -2.22. The minimum absolute atomic E-state index is 0.177. The van der Waals surface area contributed by atoms with Crippen LogP contribution in [0, 0.1) is 6.92 Å². The number of nitrogens with zero attached hydrogens (tertiary/aromatic N) is 3. The van der Waals surface area contributed by atoms with Crippen LogP contribution in [-0.2, 0) is 0 Å². The van der Waals surface area contributed by atoms with Crippen LogP contribution in [0.2, 0.25) is 0 Å². The summed E-state index contributed by atoms with van der Waals surface area (Å²) in [4.78, 5) is 19.1. The predicted octanol–water partition coefficient (Wildman–Crippen LogP) is 4.42. The number of ether oxygens (including phenoxy) is 1. The van der Waals surface area contributed by atoms with E-state index in [0.29, 0.717) is 23.9 Å². The molecule has 0 spiro atoms. The fourth-order valence-electron chi connectivity index (χ4n) is 3.44. The van der Waals surface area contributed by atoms with Gasteiger partial charge in [-0.15, -0.1) is 0 Å². The van der Waals surface area contributed by atoms with E-state index in [9.17, 15) is 4.79 Å². The molecule has 0 saturated carbocycles. The van der Waals surface area contributed by atoms with E-state index in [1.165, 1.54) is 0 Å². The van der Waals surface area contributed by atoms with Crippen molar-refractivity contribution < 1.29 is 14.1 Å². The third-order valence-corrected chi connectivity index (χ3v) is 4.97. The number of hydrogen-bond acceptors (Lipinski definition) is 5. The number of likely N-dealkylation sites (tertiary alicyclic amines) is 1. The molecule has 0 bridgehead atoms. The number of aryl methyl sites for hydroxylation is 1. The van der Waals surface area contributed by atoms with Gasteiger partial charge >= 0.3 is 6.03 Å². The summed E-state index contributed by atoms with van der Waals surface area (Å²) in [6.07, 6.45) is 1.69. The zero-order valence-corrected chi connectivity index (χ0v) is 15.9. The fourth-order valence-corrected chi connectivity index (χ4v) is 3.44. The quantitative estimate of drug-likeness (QED) is 0.727. The van der Waals surface area contributed by atoms with Crippen molar-refractivity contribution in [1.29, 1.82) is 0 Å². The molecule has 1 saturated heterocycles. The molecule has 1 aliphatic rings. The molecule has 1 atom stereocenters. The van der Waals surface area contributed by atoms with E-state index in [1.807, 2.05) is 55.5 Å². The second-order valence-electron chi connectivity index (χ2n) is 6.78. The first-order valence-corrected chi connectivity index (χ1v) is 9.27. The van der Waals surface area contributed by atoms with Gasteiger partial charge in [-0.25, -0.2) is 4.79 Å². The van der Waals surface area contributed by atoms with Crippen LogP contribution < -0.4 is 10.1 Å². The molecule has 0 radical (unpaired) electrons. The van der Waals surface area contributed by atoms with Gasteiger partial charge < -0.3 is 19.5 Å². The third-order valence-electron chi connectivity index (χ3n) is 4.97. The third kappa shape index (κ3) is 3.55. The van der Waals surface area contributed by atoms with Gasteiger partial charge in [-0.3, -0.25) is 0 Å². The molecule has 1 aliphatic heterocycles. The number of hydrogen-bond donors (Lipinski definition) is 1. The number of methoxy groups -OCH3 is 1. The van der Waals surface area contributed by atoms with E-state index in [4.69, 9.17) is 9.26 Å². The van der Waals surface area contributed by atoms with Crippen LogP contribution in [0.1, 0.15) is 30.3 Å². The molecule has 2 aromatic carbocycles. The fraction of sp³-hybridized carbons (Fsp3) is 0.286. The number of benzene rings is 2. The Labute approximate surface area is 163 Å². The summed E-state index contributed by atoms with van der Waals surface area (Å²) in [7, 11) is 1.61. The first-order chi connectivity index (χ1) is 13.7. The van der Waals surface area contributed by atoms with Crippen molar-refractivity contribution in [3.63, 3.8) is 0 Å². The SMILES string of the molecule is COc1ccc(NC(=O)N2CCCC2c2nc(-c3ccccc3C)no2)cc1. The van der Waals surface area contributed by atoms with E-state index in [-0.39, 0.29) is 12.1 Å². The van der Waals surface area contributed by atoms with Gasteiger partial charge in [0.2, 0.25) is 11.7 Å². The molecule has 28 heavy (non-hydrogen) atoms. The second-order valence-corrected chi connectivity index (χ2v) is 6.78. The van der Waals surface area contributed by atoms with Crippen LogP contribution in [-0.4, -0.2) is 34.7 Å². The Hall–Kier alpha value is -3.35. The van der Waals surface area contributed by atoms with Crippen molar-refractivity contribution in [3.8, 4) is 17.1 Å². The number of aromatic nitrogens is 2.